The molecule has 0 saturated heterocycles. The molecule has 0 bridgehead atoms. The number of nitrogens with zero attached hydrogens (tertiary/aromatic N) is 2. The lowest BCUT2D eigenvalue weighted by molar-refractivity contribution is -0.141. The zero-order valence-corrected chi connectivity index (χ0v) is 21.5. The fourth-order valence-electron chi connectivity index (χ4n) is 4.45. The van der Waals surface area contributed by atoms with Crippen LogP contribution < -0.4 is 10.9 Å². The molecule has 7 nitrogen and oxygen atoms in total. The van der Waals surface area contributed by atoms with Crippen molar-refractivity contribution in [3.63, 3.8) is 0 Å². The molecule has 2 heterocycles. The Labute approximate surface area is 218 Å². The molecule has 2 N–H and O–H groups in total. The monoisotopic (exact) mass is 529 g/mol. The smallest absolute Gasteiger partial charge is 0.433 e. The van der Waals surface area contributed by atoms with E-state index < -0.39 is 47.8 Å². The molecule has 0 radical (unpaired) electrons. The number of hydrogen-bond donors (Lipinski definition) is 2. The number of benzene rings is 1. The van der Waals surface area contributed by atoms with Crippen molar-refractivity contribution in [3.05, 3.63) is 87.6 Å². The largest absolute Gasteiger partial charge is 0.481 e. The number of amides is 1. The first kappa shape index (κ1) is 28.6. The Kier molecular flexibility index (Phi) is 8.75. The number of aromatic nitrogens is 2. The molecule has 0 aliphatic heterocycles. The molecule has 10 heteroatoms. The number of nitrogens with one attached hydrogen (secondary N) is 1. The van der Waals surface area contributed by atoms with Gasteiger partial charge in [0.2, 0.25) is 5.91 Å². The van der Waals surface area contributed by atoms with E-state index in [1.165, 1.54) is 29.0 Å². The first-order chi connectivity index (χ1) is 17.8. The van der Waals surface area contributed by atoms with Crippen molar-refractivity contribution < 1.29 is 27.9 Å². The number of carboxylic acids is 1. The van der Waals surface area contributed by atoms with Crippen molar-refractivity contribution in [3.8, 4) is 11.1 Å². The SMILES string of the molecule is Cc1cccc(C)c1-c1cc([C@H](CC(=O)O)NC(=O)[C@H](CC(C)C)n2ccccc2=O)nc(C(F)(F)F)c1. The van der Waals surface area contributed by atoms with Gasteiger partial charge in [0, 0.05) is 12.3 Å². The lowest BCUT2D eigenvalue weighted by Gasteiger charge is -2.25. The van der Waals surface area contributed by atoms with E-state index in [-0.39, 0.29) is 23.6 Å². The van der Waals surface area contributed by atoms with Crippen LogP contribution in [0.2, 0.25) is 0 Å². The van der Waals surface area contributed by atoms with E-state index in [4.69, 9.17) is 0 Å². The number of halogens is 3. The Morgan fingerprint density at radius 3 is 2.26 bits per heavy atom. The summed E-state index contributed by atoms with van der Waals surface area (Å²) in [4.78, 5) is 41.3. The molecule has 1 amide bonds. The second-order valence-corrected chi connectivity index (χ2v) is 9.68. The highest BCUT2D eigenvalue weighted by Gasteiger charge is 2.35. The van der Waals surface area contributed by atoms with Crippen LogP contribution in [0.1, 0.15) is 61.3 Å². The summed E-state index contributed by atoms with van der Waals surface area (Å²) in [5, 5.41) is 12.1. The van der Waals surface area contributed by atoms with E-state index in [9.17, 15) is 32.7 Å². The van der Waals surface area contributed by atoms with Crippen LogP contribution in [0.5, 0.6) is 0 Å². The van der Waals surface area contributed by atoms with Crippen LogP contribution in [-0.2, 0) is 15.8 Å². The number of carboxylic acid groups (broad SMARTS) is 1. The zero-order valence-electron chi connectivity index (χ0n) is 21.5. The Bertz CT molecular complexity index is 1360. The Morgan fingerprint density at radius 2 is 1.71 bits per heavy atom. The fourth-order valence-corrected chi connectivity index (χ4v) is 4.45. The molecule has 0 unspecified atom stereocenters. The molecule has 3 rings (SSSR count). The highest BCUT2D eigenvalue weighted by molar-refractivity contribution is 5.82. The van der Waals surface area contributed by atoms with Crippen LogP contribution in [0.4, 0.5) is 13.2 Å². The number of carbonyl (C=O) groups excluding carboxylic acids is 1. The molecule has 38 heavy (non-hydrogen) atoms. The van der Waals surface area contributed by atoms with E-state index >= 15 is 0 Å². The summed E-state index contributed by atoms with van der Waals surface area (Å²) in [5.41, 5.74) is 0.366. The maximum absolute atomic E-state index is 13.9. The van der Waals surface area contributed by atoms with Gasteiger partial charge in [-0.2, -0.15) is 13.2 Å². The molecular formula is C28H30F3N3O4. The van der Waals surface area contributed by atoms with Gasteiger partial charge in [0.05, 0.1) is 18.2 Å². The second kappa shape index (κ2) is 11.6. The lowest BCUT2D eigenvalue weighted by Crippen LogP contribution is -2.40. The van der Waals surface area contributed by atoms with Gasteiger partial charge in [0.1, 0.15) is 11.7 Å². The van der Waals surface area contributed by atoms with Crippen molar-refractivity contribution in [2.24, 2.45) is 5.92 Å². The molecule has 0 saturated carbocycles. The minimum Gasteiger partial charge on any atom is -0.481 e. The number of pyridine rings is 2. The van der Waals surface area contributed by atoms with Gasteiger partial charge >= 0.3 is 12.1 Å². The maximum atomic E-state index is 13.9. The normalized spacial score (nSPS) is 13.3. The van der Waals surface area contributed by atoms with Gasteiger partial charge in [-0.3, -0.25) is 14.4 Å². The molecule has 2 atom stereocenters. The van der Waals surface area contributed by atoms with Gasteiger partial charge in [0.25, 0.3) is 5.56 Å². The quantitative estimate of drug-likeness (QED) is 0.383. The first-order valence-electron chi connectivity index (χ1n) is 12.1. The van der Waals surface area contributed by atoms with Crippen LogP contribution in [0.3, 0.4) is 0 Å². The average molecular weight is 530 g/mol. The van der Waals surface area contributed by atoms with Crippen LogP contribution >= 0.6 is 0 Å². The molecule has 3 aromatic rings. The van der Waals surface area contributed by atoms with Crippen LogP contribution in [-0.4, -0.2) is 26.5 Å². The van der Waals surface area contributed by atoms with Gasteiger partial charge in [-0.15, -0.1) is 0 Å². The van der Waals surface area contributed by atoms with Gasteiger partial charge in [-0.05, 0) is 66.6 Å². The molecule has 0 aliphatic carbocycles. The lowest BCUT2D eigenvalue weighted by atomic mass is 9.94. The number of alkyl halides is 3. The van der Waals surface area contributed by atoms with E-state index in [2.05, 4.69) is 10.3 Å². The van der Waals surface area contributed by atoms with Gasteiger partial charge in [-0.25, -0.2) is 4.98 Å². The van der Waals surface area contributed by atoms with E-state index in [1.807, 2.05) is 13.8 Å². The number of aryl methyl sites for hydroxylation is 2. The topological polar surface area (TPSA) is 101 Å². The van der Waals surface area contributed by atoms with E-state index in [0.717, 1.165) is 17.2 Å². The Balaban J connectivity index is 2.13. The molecule has 2 aromatic heterocycles. The molecule has 202 valence electrons. The molecule has 0 spiro atoms. The van der Waals surface area contributed by atoms with E-state index in [0.29, 0.717) is 5.56 Å². The van der Waals surface area contributed by atoms with Gasteiger partial charge in [0.15, 0.2) is 0 Å². The van der Waals surface area contributed by atoms with Crippen LogP contribution in [0.15, 0.2) is 59.5 Å². The predicted octanol–water partition coefficient (Wildman–Crippen LogP) is 5.47. The fraction of sp³-hybridized carbons (Fsp3) is 0.357. The average Bonchev–Trinajstić information content (AvgIpc) is 2.81. The summed E-state index contributed by atoms with van der Waals surface area (Å²) in [6, 6.07) is 9.65. The van der Waals surface area contributed by atoms with Gasteiger partial charge in [-0.1, -0.05) is 38.1 Å². The Morgan fingerprint density at radius 1 is 1.05 bits per heavy atom. The number of aliphatic carboxylic acids is 1. The minimum atomic E-state index is -4.81. The van der Waals surface area contributed by atoms with Crippen molar-refractivity contribution in [1.82, 2.24) is 14.9 Å². The number of rotatable bonds is 9. The summed E-state index contributed by atoms with van der Waals surface area (Å²) < 4.78 is 42.9. The van der Waals surface area contributed by atoms with Crippen molar-refractivity contribution in [2.45, 2.75) is 58.8 Å². The van der Waals surface area contributed by atoms with Crippen LogP contribution in [0, 0.1) is 19.8 Å². The zero-order chi connectivity index (χ0) is 28.2. The molecular weight excluding hydrogens is 499 g/mol. The summed E-state index contributed by atoms with van der Waals surface area (Å²) in [7, 11) is 0. The maximum Gasteiger partial charge on any atom is 0.433 e. The number of carbonyl (C=O) groups is 2. The summed E-state index contributed by atoms with van der Waals surface area (Å²) in [5.74, 6) is -2.04. The van der Waals surface area contributed by atoms with Crippen LogP contribution in [0.25, 0.3) is 11.1 Å². The van der Waals surface area contributed by atoms with Crippen molar-refractivity contribution in [1.29, 1.82) is 0 Å². The number of hydrogen-bond acceptors (Lipinski definition) is 4. The standard InChI is InChI=1S/C28H30F3N3O4/c1-16(2)12-22(34-11-6-5-10-24(34)35)27(38)33-21(15-25(36)37)20-13-19(14-23(32-20)28(29,30)31)26-17(3)8-7-9-18(26)4/h5-11,13-14,16,21-22H,12,15H2,1-4H3,(H,33,38)(H,36,37)/t21-,22-/m0/s1. The van der Waals surface area contributed by atoms with E-state index in [1.54, 1.807) is 38.1 Å². The third kappa shape index (κ3) is 6.87. The Hall–Kier alpha value is -3.95. The highest BCUT2D eigenvalue weighted by atomic mass is 19.4. The predicted molar refractivity (Wildman–Crippen MR) is 136 cm³/mol. The summed E-state index contributed by atoms with van der Waals surface area (Å²) in [6.07, 6.45) is -3.82. The molecule has 0 aliphatic rings. The highest BCUT2D eigenvalue weighted by Crippen LogP contribution is 2.35. The first-order valence-corrected chi connectivity index (χ1v) is 12.1. The summed E-state index contributed by atoms with van der Waals surface area (Å²) >= 11 is 0. The molecule has 0 fully saturated rings. The van der Waals surface area contributed by atoms with Crippen molar-refractivity contribution in [2.75, 3.05) is 0 Å². The second-order valence-electron chi connectivity index (χ2n) is 9.68. The molecule has 1 aromatic carbocycles. The third-order valence-electron chi connectivity index (χ3n) is 6.14. The summed E-state index contributed by atoms with van der Waals surface area (Å²) in [6.45, 7) is 7.24. The van der Waals surface area contributed by atoms with Gasteiger partial charge < -0.3 is 15.0 Å². The minimum absolute atomic E-state index is 0.0157. The van der Waals surface area contributed by atoms with Crippen molar-refractivity contribution >= 4 is 11.9 Å². The third-order valence-corrected chi connectivity index (χ3v) is 6.14.